The van der Waals surface area contributed by atoms with Crippen LogP contribution in [0, 0.1) is 5.92 Å². The molecule has 1 aromatic rings. The highest BCUT2D eigenvalue weighted by atomic mass is 16.5. The number of fused-ring (bicyclic) bond motifs is 1. The smallest absolute Gasteiger partial charge is 0.272 e. The average molecular weight is 380 g/mol. The van der Waals surface area contributed by atoms with Crippen LogP contribution in [0.4, 0.5) is 0 Å². The van der Waals surface area contributed by atoms with Gasteiger partial charge in [-0.1, -0.05) is 0 Å². The monoisotopic (exact) mass is 379 g/mol. The van der Waals surface area contributed by atoms with Crippen molar-refractivity contribution < 1.29 is 19.4 Å². The van der Waals surface area contributed by atoms with E-state index in [1.807, 2.05) is 23.4 Å². The normalized spacial score (nSPS) is 23.5. The van der Waals surface area contributed by atoms with Crippen LogP contribution in [0.3, 0.4) is 0 Å². The van der Waals surface area contributed by atoms with E-state index < -0.39 is 0 Å². The standard InChI is InChI=1S/C20H33N3O4/c1-14-13-17-18(15(2)27-14)21-23(10-12-26-3)19(17)20(25)22-8-6-16(7-9-22)5-4-11-24/h14-16,24H,4-13H2,1-3H3/t14-,15+/m0/s1. The zero-order valence-corrected chi connectivity index (χ0v) is 16.8. The van der Waals surface area contributed by atoms with Crippen molar-refractivity contribution in [2.75, 3.05) is 33.4 Å². The summed E-state index contributed by atoms with van der Waals surface area (Å²) in [6.45, 7) is 6.95. The Balaban J connectivity index is 1.79. The van der Waals surface area contributed by atoms with E-state index in [1.54, 1.807) is 7.11 Å². The second kappa shape index (κ2) is 9.17. The van der Waals surface area contributed by atoms with Crippen LogP contribution in [0.25, 0.3) is 0 Å². The van der Waals surface area contributed by atoms with E-state index in [0.29, 0.717) is 19.1 Å². The van der Waals surface area contributed by atoms with E-state index in [2.05, 4.69) is 0 Å². The lowest BCUT2D eigenvalue weighted by molar-refractivity contribution is -0.00721. The molecule has 2 aliphatic rings. The van der Waals surface area contributed by atoms with Crippen molar-refractivity contribution in [3.63, 3.8) is 0 Å². The third-order valence-electron chi connectivity index (χ3n) is 5.78. The molecule has 2 aliphatic heterocycles. The van der Waals surface area contributed by atoms with Gasteiger partial charge in [0.05, 0.1) is 31.1 Å². The maximum absolute atomic E-state index is 13.4. The lowest BCUT2D eigenvalue weighted by Gasteiger charge is -2.32. The number of piperidine rings is 1. The van der Waals surface area contributed by atoms with Gasteiger partial charge in [0.25, 0.3) is 5.91 Å². The zero-order valence-electron chi connectivity index (χ0n) is 16.8. The quantitative estimate of drug-likeness (QED) is 0.786. The van der Waals surface area contributed by atoms with Crippen molar-refractivity contribution in [1.82, 2.24) is 14.7 Å². The number of likely N-dealkylation sites (tertiary alicyclic amines) is 1. The highest BCUT2D eigenvalue weighted by molar-refractivity contribution is 5.94. The van der Waals surface area contributed by atoms with Gasteiger partial charge >= 0.3 is 0 Å². The molecule has 7 nitrogen and oxygen atoms in total. The minimum absolute atomic E-state index is 0.0850. The topological polar surface area (TPSA) is 76.8 Å². The molecule has 2 atom stereocenters. The molecule has 1 N–H and O–H groups in total. The summed E-state index contributed by atoms with van der Waals surface area (Å²) in [5.74, 6) is 0.698. The van der Waals surface area contributed by atoms with Crippen LogP contribution in [-0.2, 0) is 22.4 Å². The summed E-state index contributed by atoms with van der Waals surface area (Å²) >= 11 is 0. The SMILES string of the molecule is COCCn1nc2c(c1C(=O)N1CCC(CCCO)CC1)C[C@H](C)O[C@@H]2C. The molecule has 27 heavy (non-hydrogen) atoms. The average Bonchev–Trinajstić information content (AvgIpc) is 3.03. The first-order valence-electron chi connectivity index (χ1n) is 10.2. The Labute approximate surface area is 161 Å². The van der Waals surface area contributed by atoms with Gasteiger partial charge in [-0.05, 0) is 45.4 Å². The van der Waals surface area contributed by atoms with Crippen molar-refractivity contribution in [3.8, 4) is 0 Å². The molecule has 152 valence electrons. The third-order valence-corrected chi connectivity index (χ3v) is 5.78. The summed E-state index contributed by atoms with van der Waals surface area (Å²) < 4.78 is 13.0. The second-order valence-electron chi connectivity index (χ2n) is 7.82. The second-order valence-corrected chi connectivity index (χ2v) is 7.82. The molecular weight excluding hydrogens is 346 g/mol. The maximum Gasteiger partial charge on any atom is 0.272 e. The highest BCUT2D eigenvalue weighted by Gasteiger charge is 2.34. The number of aromatic nitrogens is 2. The van der Waals surface area contributed by atoms with Crippen LogP contribution in [0.1, 0.15) is 67.4 Å². The van der Waals surface area contributed by atoms with E-state index in [1.165, 1.54) is 0 Å². The predicted octanol–water partition coefficient (Wildman–Crippen LogP) is 2.18. The molecule has 1 fully saturated rings. The third kappa shape index (κ3) is 4.52. The molecule has 0 saturated carbocycles. The molecule has 7 heteroatoms. The maximum atomic E-state index is 13.4. The first-order chi connectivity index (χ1) is 13.0. The number of nitrogens with zero attached hydrogens (tertiary/aromatic N) is 3. The van der Waals surface area contributed by atoms with Crippen molar-refractivity contribution in [2.24, 2.45) is 5.92 Å². The number of carbonyl (C=O) groups is 1. The van der Waals surface area contributed by atoms with Crippen LogP contribution in [0.2, 0.25) is 0 Å². The van der Waals surface area contributed by atoms with Gasteiger partial charge in [-0.15, -0.1) is 0 Å². The van der Waals surface area contributed by atoms with Gasteiger partial charge in [0.2, 0.25) is 0 Å². The van der Waals surface area contributed by atoms with Gasteiger partial charge in [0, 0.05) is 38.8 Å². The van der Waals surface area contributed by atoms with E-state index in [4.69, 9.17) is 19.7 Å². The van der Waals surface area contributed by atoms with Crippen molar-refractivity contribution >= 4 is 5.91 Å². The van der Waals surface area contributed by atoms with Crippen molar-refractivity contribution in [1.29, 1.82) is 0 Å². The Hall–Kier alpha value is -1.44. The Bertz CT molecular complexity index is 637. The van der Waals surface area contributed by atoms with E-state index in [-0.39, 0.29) is 24.7 Å². The number of aliphatic hydroxyl groups is 1. The molecule has 3 heterocycles. The first kappa shape index (κ1) is 20.3. The Morgan fingerprint density at radius 1 is 1.33 bits per heavy atom. The summed E-state index contributed by atoms with van der Waals surface area (Å²) in [5, 5.41) is 13.7. The molecule has 3 rings (SSSR count). The van der Waals surface area contributed by atoms with Crippen molar-refractivity contribution in [3.05, 3.63) is 17.0 Å². The van der Waals surface area contributed by atoms with Gasteiger partial charge in [-0.3, -0.25) is 9.48 Å². The Morgan fingerprint density at radius 3 is 2.74 bits per heavy atom. The summed E-state index contributed by atoms with van der Waals surface area (Å²) in [4.78, 5) is 15.4. The summed E-state index contributed by atoms with van der Waals surface area (Å²) in [7, 11) is 1.66. The van der Waals surface area contributed by atoms with E-state index >= 15 is 0 Å². The number of ether oxygens (including phenoxy) is 2. The Kier molecular flexibility index (Phi) is 6.89. The highest BCUT2D eigenvalue weighted by Crippen LogP contribution is 2.33. The fourth-order valence-electron chi connectivity index (χ4n) is 4.33. The van der Waals surface area contributed by atoms with Gasteiger partial charge in [0.15, 0.2) is 0 Å². The number of methoxy groups -OCH3 is 1. The molecule has 1 amide bonds. The van der Waals surface area contributed by atoms with E-state index in [9.17, 15) is 4.79 Å². The molecule has 1 aromatic heterocycles. The number of rotatable bonds is 7. The van der Waals surface area contributed by atoms with Crippen LogP contribution in [-0.4, -0.2) is 65.2 Å². The molecule has 1 saturated heterocycles. The fourth-order valence-corrected chi connectivity index (χ4v) is 4.33. The number of carbonyl (C=O) groups excluding carboxylic acids is 1. The Morgan fingerprint density at radius 2 is 2.07 bits per heavy atom. The van der Waals surface area contributed by atoms with Crippen LogP contribution >= 0.6 is 0 Å². The summed E-state index contributed by atoms with van der Waals surface area (Å²) in [5.41, 5.74) is 2.66. The number of hydrogen-bond donors (Lipinski definition) is 1. The molecule has 0 aromatic carbocycles. The summed E-state index contributed by atoms with van der Waals surface area (Å²) in [6, 6.07) is 0. The number of amides is 1. The van der Waals surface area contributed by atoms with Gasteiger partial charge in [-0.2, -0.15) is 5.10 Å². The minimum Gasteiger partial charge on any atom is -0.396 e. The molecule has 0 aliphatic carbocycles. The molecule has 0 radical (unpaired) electrons. The molecule has 0 unspecified atom stereocenters. The van der Waals surface area contributed by atoms with Crippen LogP contribution in [0.5, 0.6) is 0 Å². The fraction of sp³-hybridized carbons (Fsp3) is 0.800. The largest absolute Gasteiger partial charge is 0.396 e. The van der Waals surface area contributed by atoms with E-state index in [0.717, 1.165) is 62.1 Å². The molecule has 0 bridgehead atoms. The van der Waals surface area contributed by atoms with Crippen LogP contribution in [0.15, 0.2) is 0 Å². The molecular formula is C20H33N3O4. The predicted molar refractivity (Wildman–Crippen MR) is 102 cm³/mol. The van der Waals surface area contributed by atoms with Gasteiger partial charge in [-0.25, -0.2) is 0 Å². The van der Waals surface area contributed by atoms with Crippen molar-refractivity contribution in [2.45, 2.75) is 64.7 Å². The first-order valence-corrected chi connectivity index (χ1v) is 10.2. The summed E-state index contributed by atoms with van der Waals surface area (Å²) in [6.07, 6.45) is 4.64. The lowest BCUT2D eigenvalue weighted by atomic mass is 9.92. The van der Waals surface area contributed by atoms with Gasteiger partial charge in [0.1, 0.15) is 5.69 Å². The number of hydrogen-bond acceptors (Lipinski definition) is 5. The minimum atomic E-state index is -0.0942. The van der Waals surface area contributed by atoms with Gasteiger partial charge < -0.3 is 19.5 Å². The lowest BCUT2D eigenvalue weighted by Crippen LogP contribution is -2.40. The number of aliphatic hydroxyl groups excluding tert-OH is 1. The zero-order chi connectivity index (χ0) is 19.4. The molecule has 0 spiro atoms. The van der Waals surface area contributed by atoms with Crippen LogP contribution < -0.4 is 0 Å².